The van der Waals surface area contributed by atoms with Crippen LogP contribution in [-0.4, -0.2) is 46.1 Å². The van der Waals surface area contributed by atoms with Gasteiger partial charge in [0.25, 0.3) is 0 Å². The number of likely N-dealkylation sites (tertiary alicyclic amines) is 1. The Labute approximate surface area is 236 Å². The smallest absolute Gasteiger partial charge is 0.249 e. The molecule has 0 bridgehead atoms. The lowest BCUT2D eigenvalue weighted by Gasteiger charge is -2.56. The van der Waals surface area contributed by atoms with Crippen molar-refractivity contribution in [1.29, 1.82) is 0 Å². The summed E-state index contributed by atoms with van der Waals surface area (Å²) in [4.78, 5) is 46.5. The molecule has 1 aromatic heterocycles. The number of para-hydroxylation sites is 2. The molecule has 2 aromatic carbocycles. The number of carbonyl (C=O) groups is 3. The van der Waals surface area contributed by atoms with Crippen LogP contribution in [0.2, 0.25) is 0 Å². The van der Waals surface area contributed by atoms with Gasteiger partial charge in [0.15, 0.2) is 5.58 Å². The molecule has 10 heteroatoms. The molecule has 2 heterocycles. The van der Waals surface area contributed by atoms with E-state index < -0.39 is 35.2 Å². The first-order valence-electron chi connectivity index (χ1n) is 14.3. The van der Waals surface area contributed by atoms with Crippen molar-refractivity contribution in [2.24, 2.45) is 11.3 Å². The molecule has 3 atom stereocenters. The molecule has 1 saturated heterocycles. The van der Waals surface area contributed by atoms with Gasteiger partial charge in [-0.15, -0.1) is 0 Å². The van der Waals surface area contributed by atoms with Gasteiger partial charge in [0.2, 0.25) is 29.5 Å². The number of carbonyl (C=O) groups excluding carboxylic acids is 3. The van der Waals surface area contributed by atoms with Gasteiger partial charge < -0.3 is 20.0 Å². The fraction of sp³-hybridized carbons (Fsp3) is 0.484. The van der Waals surface area contributed by atoms with Gasteiger partial charge in [-0.05, 0) is 55.7 Å². The number of oxazole rings is 1. The van der Waals surface area contributed by atoms with E-state index in [1.165, 1.54) is 0 Å². The number of fused-ring (bicyclic) bond motifs is 1. The van der Waals surface area contributed by atoms with Crippen molar-refractivity contribution >= 4 is 28.8 Å². The Kier molecular flexibility index (Phi) is 7.03. The van der Waals surface area contributed by atoms with E-state index >= 15 is 0 Å². The molecule has 41 heavy (non-hydrogen) atoms. The van der Waals surface area contributed by atoms with Crippen LogP contribution < -0.4 is 10.6 Å². The Morgan fingerprint density at radius 1 is 1.05 bits per heavy atom. The minimum absolute atomic E-state index is 0.0893. The third-order valence-electron chi connectivity index (χ3n) is 8.81. The molecule has 216 valence electrons. The molecule has 3 aromatic rings. The van der Waals surface area contributed by atoms with Gasteiger partial charge in [-0.1, -0.05) is 42.5 Å². The third-order valence-corrected chi connectivity index (χ3v) is 8.81. The van der Waals surface area contributed by atoms with Crippen LogP contribution in [0.1, 0.15) is 75.4 Å². The van der Waals surface area contributed by atoms with E-state index in [2.05, 4.69) is 15.6 Å². The molecule has 1 spiro atoms. The normalized spacial score (nSPS) is 22.5. The number of aromatic nitrogens is 1. The molecular formula is C31H34F2N4O4. The van der Waals surface area contributed by atoms with Crippen LogP contribution in [0, 0.1) is 11.3 Å². The number of rotatable bonds is 8. The molecule has 8 nitrogen and oxygen atoms in total. The van der Waals surface area contributed by atoms with Crippen LogP contribution in [0.4, 0.5) is 8.78 Å². The maximum Gasteiger partial charge on any atom is 0.249 e. The predicted molar refractivity (Wildman–Crippen MR) is 147 cm³/mol. The zero-order valence-electron chi connectivity index (χ0n) is 22.9. The summed E-state index contributed by atoms with van der Waals surface area (Å²) in [7, 11) is 0. The molecule has 2 saturated carbocycles. The van der Waals surface area contributed by atoms with Crippen LogP contribution in [-0.2, 0) is 14.4 Å². The lowest BCUT2D eigenvalue weighted by molar-refractivity contribution is -0.207. The van der Waals surface area contributed by atoms with Gasteiger partial charge in [-0.2, -0.15) is 0 Å². The van der Waals surface area contributed by atoms with Gasteiger partial charge in [-0.3, -0.25) is 14.4 Å². The number of alkyl halides is 2. The molecule has 2 unspecified atom stereocenters. The summed E-state index contributed by atoms with van der Waals surface area (Å²) in [5, 5.41) is 5.63. The molecular weight excluding hydrogens is 530 g/mol. The average molecular weight is 565 g/mol. The van der Waals surface area contributed by atoms with Gasteiger partial charge in [0, 0.05) is 25.3 Å². The Hall–Kier alpha value is -3.82. The van der Waals surface area contributed by atoms with Gasteiger partial charge >= 0.3 is 0 Å². The topological polar surface area (TPSA) is 105 Å². The molecule has 3 amide bonds. The van der Waals surface area contributed by atoms with E-state index in [-0.39, 0.29) is 37.1 Å². The van der Waals surface area contributed by atoms with E-state index in [9.17, 15) is 23.2 Å². The Balaban J connectivity index is 1.15. The van der Waals surface area contributed by atoms with Gasteiger partial charge in [0.05, 0.1) is 12.5 Å². The van der Waals surface area contributed by atoms with Crippen molar-refractivity contribution in [2.45, 2.75) is 75.9 Å². The minimum Gasteiger partial charge on any atom is -0.438 e. The van der Waals surface area contributed by atoms with Crippen LogP contribution in [0.15, 0.2) is 59.0 Å². The van der Waals surface area contributed by atoms with Crippen molar-refractivity contribution in [3.05, 3.63) is 66.1 Å². The number of nitrogens with zero attached hydrogens (tertiary/aromatic N) is 2. The maximum absolute atomic E-state index is 13.6. The molecule has 0 radical (unpaired) electrons. The molecule has 2 aliphatic carbocycles. The van der Waals surface area contributed by atoms with E-state index in [1.807, 2.05) is 42.5 Å². The predicted octanol–water partition coefficient (Wildman–Crippen LogP) is 5.07. The summed E-state index contributed by atoms with van der Waals surface area (Å²) in [5.74, 6) is -3.92. The molecule has 2 N–H and O–H groups in total. The largest absolute Gasteiger partial charge is 0.438 e. The highest BCUT2D eigenvalue weighted by molar-refractivity contribution is 5.93. The van der Waals surface area contributed by atoms with Crippen molar-refractivity contribution < 1.29 is 27.6 Å². The first-order chi connectivity index (χ1) is 19.6. The zero-order chi connectivity index (χ0) is 28.8. The average Bonchev–Trinajstić information content (AvgIpc) is 3.58. The van der Waals surface area contributed by atoms with E-state index in [0.29, 0.717) is 36.4 Å². The summed E-state index contributed by atoms with van der Waals surface area (Å²) in [6.45, 7) is 2.29. The highest BCUT2D eigenvalue weighted by atomic mass is 19.3. The SMILES string of the molecule is C[C@H](NC(=O)C(CC(=O)N1CCCC1c1ccccc1)NC(=O)C1CC2(C1)CC(F)(F)C2)c1nc2ccccc2o1. The lowest BCUT2D eigenvalue weighted by atomic mass is 9.50. The lowest BCUT2D eigenvalue weighted by Crippen LogP contribution is -2.58. The van der Waals surface area contributed by atoms with Crippen molar-refractivity contribution in [3.8, 4) is 0 Å². The van der Waals surface area contributed by atoms with Gasteiger partial charge in [0.1, 0.15) is 17.6 Å². The first-order valence-corrected chi connectivity index (χ1v) is 14.3. The number of benzene rings is 2. The van der Waals surface area contributed by atoms with E-state index in [1.54, 1.807) is 24.0 Å². The van der Waals surface area contributed by atoms with Crippen LogP contribution in [0.5, 0.6) is 0 Å². The summed E-state index contributed by atoms with van der Waals surface area (Å²) >= 11 is 0. The van der Waals surface area contributed by atoms with Crippen molar-refractivity contribution in [3.63, 3.8) is 0 Å². The molecule has 3 aliphatic rings. The minimum atomic E-state index is -2.65. The van der Waals surface area contributed by atoms with Crippen molar-refractivity contribution in [2.75, 3.05) is 6.54 Å². The highest BCUT2D eigenvalue weighted by Crippen LogP contribution is 2.64. The number of amides is 3. The second kappa shape index (κ2) is 10.5. The second-order valence-corrected chi connectivity index (χ2v) is 12.0. The Morgan fingerprint density at radius 2 is 1.76 bits per heavy atom. The number of halogens is 2. The third kappa shape index (κ3) is 5.56. The monoisotopic (exact) mass is 564 g/mol. The molecule has 6 rings (SSSR count). The van der Waals surface area contributed by atoms with Crippen molar-refractivity contribution in [1.82, 2.24) is 20.5 Å². The van der Waals surface area contributed by atoms with Gasteiger partial charge in [-0.25, -0.2) is 13.8 Å². The molecule has 3 fully saturated rings. The summed E-state index contributed by atoms with van der Waals surface area (Å²) < 4.78 is 32.7. The maximum atomic E-state index is 13.6. The Bertz CT molecular complexity index is 1410. The number of nitrogens with one attached hydrogen (secondary N) is 2. The highest BCUT2D eigenvalue weighted by Gasteiger charge is 2.63. The van der Waals surface area contributed by atoms with Crippen LogP contribution in [0.3, 0.4) is 0 Å². The van der Waals surface area contributed by atoms with Crippen LogP contribution in [0.25, 0.3) is 11.1 Å². The fourth-order valence-electron chi connectivity index (χ4n) is 6.83. The second-order valence-electron chi connectivity index (χ2n) is 12.0. The number of hydrogen-bond acceptors (Lipinski definition) is 5. The standard InChI is InChI=1S/C31H34F2N4O4/c1-19(29-36-22-10-5-6-12-25(22)41-29)34-28(40)23(35-27(39)21-15-30(16-21)17-31(32,33)18-30)14-26(38)37-13-7-11-24(37)20-8-3-2-4-9-20/h2-6,8-10,12,19,21,23-24H,7,11,13-18H2,1H3,(H,34,40)(H,35,39)/t19-,23?,24?/m0/s1. The summed E-state index contributed by atoms with van der Waals surface area (Å²) in [5.41, 5.74) is 1.80. The summed E-state index contributed by atoms with van der Waals surface area (Å²) in [6, 6.07) is 15.2. The summed E-state index contributed by atoms with van der Waals surface area (Å²) in [6.07, 6.45) is 1.82. The van der Waals surface area contributed by atoms with Crippen LogP contribution >= 0.6 is 0 Å². The van der Waals surface area contributed by atoms with E-state index in [4.69, 9.17) is 4.42 Å². The number of hydrogen-bond donors (Lipinski definition) is 2. The quantitative estimate of drug-likeness (QED) is 0.398. The Morgan fingerprint density at radius 3 is 2.46 bits per heavy atom. The fourth-order valence-corrected chi connectivity index (χ4v) is 6.83. The molecule has 1 aliphatic heterocycles. The van der Waals surface area contributed by atoms with E-state index in [0.717, 1.165) is 18.4 Å². The first kappa shape index (κ1) is 27.4. The zero-order valence-corrected chi connectivity index (χ0v) is 22.9.